The molecule has 0 saturated carbocycles. The van der Waals surface area contributed by atoms with E-state index in [0.29, 0.717) is 17.5 Å². The molecule has 4 heteroatoms. The van der Waals surface area contributed by atoms with Gasteiger partial charge in [0.15, 0.2) is 17.5 Å². The monoisotopic (exact) mass is 712 g/mol. The Morgan fingerprint density at radius 2 is 0.821 bits per heavy atom. The van der Waals surface area contributed by atoms with Crippen molar-refractivity contribution in [1.82, 2.24) is 19.9 Å². The van der Waals surface area contributed by atoms with Crippen molar-refractivity contribution in [2.24, 2.45) is 0 Å². The Hall–Kier alpha value is -7.56. The maximum Gasteiger partial charge on any atom is 0.164 e. The van der Waals surface area contributed by atoms with Crippen LogP contribution in [0.25, 0.3) is 110 Å². The fourth-order valence-electron chi connectivity index (χ4n) is 8.38. The van der Waals surface area contributed by atoms with E-state index in [9.17, 15) is 0 Å². The lowest BCUT2D eigenvalue weighted by Gasteiger charge is -2.17. The number of aromatic nitrogens is 4. The molecule has 260 valence electrons. The lowest BCUT2D eigenvalue weighted by Crippen LogP contribution is -2.01. The van der Waals surface area contributed by atoms with E-state index in [-0.39, 0.29) is 0 Å². The van der Waals surface area contributed by atoms with Crippen LogP contribution in [0.1, 0.15) is 0 Å². The largest absolute Gasteiger partial charge is 0.264 e. The number of benzene rings is 9. The molecular weight excluding hydrogens is 681 g/mol. The first kappa shape index (κ1) is 31.9. The predicted molar refractivity (Wildman–Crippen MR) is 232 cm³/mol. The fraction of sp³-hybridized carbons (Fsp3) is 0. The van der Waals surface area contributed by atoms with Crippen LogP contribution in [0.4, 0.5) is 0 Å². The number of fused-ring (bicyclic) bond motifs is 9. The summed E-state index contributed by atoms with van der Waals surface area (Å²) in [5.41, 5.74) is 7.07. The molecule has 0 N–H and O–H groups in total. The Bertz CT molecular complexity index is 3300. The SMILES string of the molecule is c1ccc(-c2nc(-c3cc(-c4cccnc4)cc(-c4cc5c6ccccc6c6ccccc6c5c5ccccc45)c3)nc(-c3cccc4ccccc34)n2)cc1. The van der Waals surface area contributed by atoms with Crippen LogP contribution in [0.3, 0.4) is 0 Å². The van der Waals surface area contributed by atoms with Gasteiger partial charge in [0.25, 0.3) is 0 Å². The van der Waals surface area contributed by atoms with Crippen LogP contribution in [0.15, 0.2) is 194 Å². The molecule has 4 nitrogen and oxygen atoms in total. The smallest absolute Gasteiger partial charge is 0.164 e. The van der Waals surface area contributed by atoms with Gasteiger partial charge in [-0.25, -0.2) is 15.0 Å². The molecule has 0 amide bonds. The van der Waals surface area contributed by atoms with Crippen LogP contribution in [-0.4, -0.2) is 19.9 Å². The summed E-state index contributed by atoms with van der Waals surface area (Å²) in [6.07, 6.45) is 3.74. The molecule has 0 aliphatic carbocycles. The molecule has 11 aromatic rings. The van der Waals surface area contributed by atoms with Crippen LogP contribution < -0.4 is 0 Å². The lowest BCUT2D eigenvalue weighted by molar-refractivity contribution is 1.08. The second-order valence-corrected chi connectivity index (χ2v) is 14.2. The normalized spacial score (nSPS) is 11.6. The van der Waals surface area contributed by atoms with Crippen molar-refractivity contribution in [2.45, 2.75) is 0 Å². The van der Waals surface area contributed by atoms with Crippen molar-refractivity contribution in [3.05, 3.63) is 194 Å². The van der Waals surface area contributed by atoms with Crippen LogP contribution in [0.2, 0.25) is 0 Å². The second-order valence-electron chi connectivity index (χ2n) is 14.2. The molecule has 0 aliphatic heterocycles. The topological polar surface area (TPSA) is 51.6 Å². The predicted octanol–water partition coefficient (Wildman–Crippen LogP) is 13.4. The minimum atomic E-state index is 0.607. The van der Waals surface area contributed by atoms with Crippen molar-refractivity contribution >= 4 is 53.9 Å². The van der Waals surface area contributed by atoms with E-state index in [0.717, 1.165) is 49.7 Å². The van der Waals surface area contributed by atoms with Gasteiger partial charge in [-0.3, -0.25) is 4.98 Å². The molecule has 9 aromatic carbocycles. The number of rotatable bonds is 5. The maximum absolute atomic E-state index is 5.27. The van der Waals surface area contributed by atoms with Crippen molar-refractivity contribution in [3.8, 4) is 56.4 Å². The van der Waals surface area contributed by atoms with E-state index in [2.05, 4.69) is 163 Å². The summed E-state index contributed by atoms with van der Waals surface area (Å²) in [7, 11) is 0. The number of nitrogens with zero attached hydrogens (tertiary/aromatic N) is 4. The van der Waals surface area contributed by atoms with E-state index < -0.39 is 0 Å². The summed E-state index contributed by atoms with van der Waals surface area (Å²) in [5.74, 6) is 1.87. The summed E-state index contributed by atoms with van der Waals surface area (Å²) in [6.45, 7) is 0. The molecule has 0 atom stereocenters. The van der Waals surface area contributed by atoms with Crippen molar-refractivity contribution < 1.29 is 0 Å². The Morgan fingerprint density at radius 1 is 0.286 bits per heavy atom. The maximum atomic E-state index is 5.27. The van der Waals surface area contributed by atoms with E-state index in [1.807, 2.05) is 36.7 Å². The minimum Gasteiger partial charge on any atom is -0.264 e. The molecule has 2 heterocycles. The molecule has 0 unspecified atom stereocenters. The average molecular weight is 713 g/mol. The highest BCUT2D eigenvalue weighted by atomic mass is 15.0. The zero-order valence-corrected chi connectivity index (χ0v) is 30.3. The van der Waals surface area contributed by atoms with Gasteiger partial charge in [-0.1, -0.05) is 152 Å². The summed E-state index contributed by atoms with van der Waals surface area (Å²) >= 11 is 0. The Labute approximate surface area is 323 Å². The minimum absolute atomic E-state index is 0.607. The zero-order chi connectivity index (χ0) is 37.0. The Morgan fingerprint density at radius 3 is 1.57 bits per heavy atom. The first-order valence-corrected chi connectivity index (χ1v) is 18.9. The first-order valence-electron chi connectivity index (χ1n) is 18.9. The van der Waals surface area contributed by atoms with Gasteiger partial charge < -0.3 is 0 Å². The van der Waals surface area contributed by atoms with Gasteiger partial charge in [-0.2, -0.15) is 0 Å². The van der Waals surface area contributed by atoms with E-state index in [4.69, 9.17) is 15.0 Å². The number of hydrogen-bond acceptors (Lipinski definition) is 4. The molecule has 0 aliphatic rings. The highest BCUT2D eigenvalue weighted by Crippen LogP contribution is 2.44. The summed E-state index contributed by atoms with van der Waals surface area (Å²) in [4.78, 5) is 20.1. The zero-order valence-electron chi connectivity index (χ0n) is 30.3. The third kappa shape index (κ3) is 5.31. The van der Waals surface area contributed by atoms with Crippen LogP contribution >= 0.6 is 0 Å². The quantitative estimate of drug-likeness (QED) is 0.167. The number of pyridine rings is 1. The molecule has 0 fully saturated rings. The molecule has 2 aromatic heterocycles. The fourth-order valence-corrected chi connectivity index (χ4v) is 8.38. The first-order chi connectivity index (χ1) is 27.8. The van der Waals surface area contributed by atoms with E-state index in [1.165, 1.54) is 43.1 Å². The molecule has 0 spiro atoms. The van der Waals surface area contributed by atoms with Crippen molar-refractivity contribution in [2.75, 3.05) is 0 Å². The van der Waals surface area contributed by atoms with E-state index >= 15 is 0 Å². The average Bonchev–Trinajstić information content (AvgIpc) is 3.28. The summed E-state index contributed by atoms with van der Waals surface area (Å²) in [5, 5.41) is 12.2. The Balaban J connectivity index is 1.22. The van der Waals surface area contributed by atoms with Gasteiger partial charge in [-0.15, -0.1) is 0 Å². The molecule has 11 rings (SSSR count). The van der Waals surface area contributed by atoms with Crippen molar-refractivity contribution in [1.29, 1.82) is 0 Å². The third-order valence-electron chi connectivity index (χ3n) is 10.9. The third-order valence-corrected chi connectivity index (χ3v) is 10.9. The Kier molecular flexibility index (Phi) is 7.46. The second kappa shape index (κ2) is 13.1. The van der Waals surface area contributed by atoms with Gasteiger partial charge in [0, 0.05) is 34.6 Å². The summed E-state index contributed by atoms with van der Waals surface area (Å²) in [6, 6.07) is 64.4. The van der Waals surface area contributed by atoms with E-state index in [1.54, 1.807) is 0 Å². The molecule has 0 radical (unpaired) electrons. The molecule has 56 heavy (non-hydrogen) atoms. The van der Waals surface area contributed by atoms with Gasteiger partial charge >= 0.3 is 0 Å². The molecule has 0 saturated heterocycles. The lowest BCUT2D eigenvalue weighted by atomic mass is 9.86. The van der Waals surface area contributed by atoms with Gasteiger partial charge in [0.2, 0.25) is 0 Å². The summed E-state index contributed by atoms with van der Waals surface area (Å²) < 4.78 is 0. The molecule has 0 bridgehead atoms. The van der Waals surface area contributed by atoms with Gasteiger partial charge in [0.1, 0.15) is 0 Å². The van der Waals surface area contributed by atoms with Gasteiger partial charge in [0.05, 0.1) is 0 Å². The van der Waals surface area contributed by atoms with Crippen LogP contribution in [0.5, 0.6) is 0 Å². The standard InChI is InChI=1S/C52H32N4/c1-2-15-34(16-3-1)50-54-51(56-52(55-50)46-26-12-17-33-14-4-5-19-39(33)46)38-29-36(35-18-13-27-53-32-35)28-37(30-38)47-31-48-42-22-7-6-20-40(42)41-21-8-10-24-44(41)49(48)45-25-11-9-23-43(45)47/h1-32H. The highest BCUT2D eigenvalue weighted by molar-refractivity contribution is 6.33. The van der Waals surface area contributed by atoms with Crippen LogP contribution in [-0.2, 0) is 0 Å². The highest BCUT2D eigenvalue weighted by Gasteiger charge is 2.19. The number of hydrogen-bond donors (Lipinski definition) is 0. The molecular formula is C52H32N4. The van der Waals surface area contributed by atoms with Crippen molar-refractivity contribution in [3.63, 3.8) is 0 Å². The van der Waals surface area contributed by atoms with Gasteiger partial charge in [-0.05, 0) is 101 Å². The van der Waals surface area contributed by atoms with Crippen LogP contribution in [0, 0.1) is 0 Å².